The Kier molecular flexibility index (Phi) is 5.48. The van der Waals surface area contributed by atoms with E-state index in [0.29, 0.717) is 33.2 Å². The summed E-state index contributed by atoms with van der Waals surface area (Å²) in [5, 5.41) is 1.32. The van der Waals surface area contributed by atoms with E-state index < -0.39 is 11.7 Å². The number of benzene rings is 3. The minimum atomic E-state index is -4.38. The van der Waals surface area contributed by atoms with E-state index in [-0.39, 0.29) is 5.56 Å². The number of thioether (sulfide) groups is 1. The summed E-state index contributed by atoms with van der Waals surface area (Å²) in [5.41, 5.74) is 4.33. The van der Waals surface area contributed by atoms with Crippen molar-refractivity contribution in [2.45, 2.75) is 30.9 Å². The van der Waals surface area contributed by atoms with E-state index in [9.17, 15) is 18.0 Å². The second-order valence-electron chi connectivity index (χ2n) is 8.26. The third-order valence-corrected chi connectivity index (χ3v) is 6.62. The zero-order chi connectivity index (χ0) is 24.0. The molecule has 0 radical (unpaired) electrons. The molecule has 0 unspecified atom stereocenters. The van der Waals surface area contributed by atoms with Gasteiger partial charge in [-0.15, -0.1) is 0 Å². The zero-order valence-electron chi connectivity index (χ0n) is 18.4. The van der Waals surface area contributed by atoms with E-state index in [2.05, 4.69) is 4.98 Å². The Labute approximate surface area is 197 Å². The largest absolute Gasteiger partial charge is 0.416 e. The van der Waals surface area contributed by atoms with Crippen LogP contribution in [0.2, 0.25) is 0 Å². The van der Waals surface area contributed by atoms with Gasteiger partial charge in [0, 0.05) is 16.7 Å². The van der Waals surface area contributed by atoms with Crippen molar-refractivity contribution in [2.75, 3.05) is 0 Å². The van der Waals surface area contributed by atoms with Crippen LogP contribution >= 0.6 is 11.8 Å². The van der Waals surface area contributed by atoms with Crippen molar-refractivity contribution in [3.63, 3.8) is 0 Å². The molecule has 0 aliphatic heterocycles. The van der Waals surface area contributed by atoms with Gasteiger partial charge < -0.3 is 4.98 Å². The second kappa shape index (κ2) is 8.36. The highest BCUT2D eigenvalue weighted by Gasteiger charge is 2.30. The quantitative estimate of drug-likeness (QED) is 0.228. The Morgan fingerprint density at radius 2 is 1.65 bits per heavy atom. The molecule has 0 amide bonds. The number of hydrogen-bond acceptors (Lipinski definition) is 3. The van der Waals surface area contributed by atoms with Crippen LogP contribution in [-0.2, 0) is 11.9 Å². The molecule has 3 aromatic carbocycles. The van der Waals surface area contributed by atoms with Crippen molar-refractivity contribution >= 4 is 33.7 Å². The predicted molar refractivity (Wildman–Crippen MR) is 130 cm³/mol. The van der Waals surface area contributed by atoms with E-state index in [1.54, 1.807) is 4.57 Å². The van der Waals surface area contributed by atoms with Crippen molar-refractivity contribution in [3.8, 4) is 5.69 Å². The molecule has 1 N–H and O–H groups in total. The molecule has 172 valence electrons. The lowest BCUT2D eigenvalue weighted by Gasteiger charge is -2.14. The summed E-state index contributed by atoms with van der Waals surface area (Å²) in [4.78, 5) is 21.7. The van der Waals surface area contributed by atoms with Gasteiger partial charge in [0.05, 0.1) is 11.3 Å². The average Bonchev–Trinajstić information content (AvgIpc) is 3.16. The molecule has 2 aromatic heterocycles. The SMILES string of the molecule is Cc1cc(C)cc(-n2c(SCc3ccc(C(F)(F)F)cc3)nc3c([nH]c4ccccc43)c2=O)c1. The highest BCUT2D eigenvalue weighted by atomic mass is 32.2. The maximum absolute atomic E-state index is 13.7. The molecule has 0 saturated heterocycles. The molecule has 0 saturated carbocycles. The van der Waals surface area contributed by atoms with E-state index >= 15 is 0 Å². The van der Waals surface area contributed by atoms with Crippen LogP contribution in [0.1, 0.15) is 22.3 Å². The van der Waals surface area contributed by atoms with Crippen LogP contribution in [0.25, 0.3) is 27.6 Å². The Morgan fingerprint density at radius 1 is 0.971 bits per heavy atom. The minimum Gasteiger partial charge on any atom is -0.349 e. The van der Waals surface area contributed by atoms with Gasteiger partial charge in [-0.2, -0.15) is 13.2 Å². The van der Waals surface area contributed by atoms with Crippen LogP contribution in [-0.4, -0.2) is 14.5 Å². The number of nitrogens with one attached hydrogen (secondary N) is 1. The summed E-state index contributed by atoms with van der Waals surface area (Å²) < 4.78 is 40.3. The second-order valence-corrected chi connectivity index (χ2v) is 9.20. The van der Waals surface area contributed by atoms with Gasteiger partial charge in [0.25, 0.3) is 5.56 Å². The summed E-state index contributed by atoms with van der Waals surface area (Å²) in [7, 11) is 0. The number of H-pyrrole nitrogens is 1. The lowest BCUT2D eigenvalue weighted by atomic mass is 10.1. The highest BCUT2D eigenvalue weighted by Crippen LogP contribution is 2.31. The van der Waals surface area contributed by atoms with Gasteiger partial charge in [-0.25, -0.2) is 4.98 Å². The van der Waals surface area contributed by atoms with E-state index in [4.69, 9.17) is 4.98 Å². The monoisotopic (exact) mass is 479 g/mol. The molecule has 0 aliphatic rings. The molecule has 0 spiro atoms. The van der Waals surface area contributed by atoms with Crippen LogP contribution in [0, 0.1) is 13.8 Å². The first-order chi connectivity index (χ1) is 16.2. The van der Waals surface area contributed by atoms with E-state index in [1.165, 1.54) is 23.9 Å². The molecule has 8 heteroatoms. The number of halogens is 3. The Bertz CT molecular complexity index is 1560. The van der Waals surface area contributed by atoms with Gasteiger partial charge in [0.15, 0.2) is 5.16 Å². The average molecular weight is 480 g/mol. The molecule has 0 fully saturated rings. The zero-order valence-corrected chi connectivity index (χ0v) is 19.2. The lowest BCUT2D eigenvalue weighted by Crippen LogP contribution is -2.22. The van der Waals surface area contributed by atoms with Crippen LogP contribution < -0.4 is 5.56 Å². The first-order valence-corrected chi connectivity index (χ1v) is 11.6. The van der Waals surface area contributed by atoms with Gasteiger partial charge in [0.2, 0.25) is 0 Å². The maximum atomic E-state index is 13.7. The topological polar surface area (TPSA) is 50.7 Å². The van der Waals surface area contributed by atoms with Crippen molar-refractivity contribution < 1.29 is 13.2 Å². The maximum Gasteiger partial charge on any atom is 0.416 e. The molecule has 5 aromatic rings. The Morgan fingerprint density at radius 3 is 2.32 bits per heavy atom. The summed E-state index contributed by atoms with van der Waals surface area (Å²) >= 11 is 1.32. The van der Waals surface area contributed by atoms with Gasteiger partial charge in [-0.3, -0.25) is 9.36 Å². The molecule has 0 atom stereocenters. The first kappa shape index (κ1) is 22.3. The number of para-hydroxylation sites is 1. The van der Waals surface area contributed by atoms with Gasteiger partial charge >= 0.3 is 6.18 Å². The van der Waals surface area contributed by atoms with Crippen LogP contribution in [0.5, 0.6) is 0 Å². The van der Waals surface area contributed by atoms with E-state index in [1.807, 2.05) is 56.3 Å². The fraction of sp³-hybridized carbons (Fsp3) is 0.154. The number of fused-ring (bicyclic) bond motifs is 3. The summed E-state index contributed by atoms with van der Waals surface area (Å²) in [6.07, 6.45) is -4.38. The molecular formula is C26H20F3N3OS. The number of hydrogen-bond donors (Lipinski definition) is 1. The van der Waals surface area contributed by atoms with Crippen molar-refractivity contribution in [2.24, 2.45) is 0 Å². The fourth-order valence-corrected chi connectivity index (χ4v) is 5.05. The molecule has 0 aliphatic carbocycles. The van der Waals surface area contributed by atoms with Crippen LogP contribution in [0.4, 0.5) is 13.2 Å². The third kappa shape index (κ3) is 4.09. The Balaban J connectivity index is 1.64. The number of aryl methyl sites for hydroxylation is 2. The van der Waals surface area contributed by atoms with Crippen molar-refractivity contribution in [1.82, 2.24) is 14.5 Å². The smallest absolute Gasteiger partial charge is 0.349 e. The minimum absolute atomic E-state index is 0.221. The van der Waals surface area contributed by atoms with Crippen LogP contribution in [0.15, 0.2) is 76.7 Å². The number of aromatic amines is 1. The van der Waals surface area contributed by atoms with Gasteiger partial charge in [0.1, 0.15) is 11.0 Å². The number of alkyl halides is 3. The highest BCUT2D eigenvalue weighted by molar-refractivity contribution is 7.98. The molecule has 2 heterocycles. The normalized spacial score (nSPS) is 12.0. The lowest BCUT2D eigenvalue weighted by molar-refractivity contribution is -0.137. The number of nitrogens with zero attached hydrogens (tertiary/aromatic N) is 2. The molecule has 4 nitrogen and oxygen atoms in total. The first-order valence-electron chi connectivity index (χ1n) is 10.6. The molecule has 34 heavy (non-hydrogen) atoms. The molecule has 0 bridgehead atoms. The Hall–Kier alpha value is -3.52. The predicted octanol–water partition coefficient (Wildman–Crippen LogP) is 6.79. The molecular weight excluding hydrogens is 459 g/mol. The summed E-state index contributed by atoms with van der Waals surface area (Å²) in [5.74, 6) is 0.364. The standard InChI is InChI=1S/C26H20F3N3OS/c1-15-11-16(2)13-19(12-15)32-24(33)23-22(20-5-3-4-6-21(20)30-23)31-25(32)34-14-17-7-9-18(10-8-17)26(27,28)29/h3-13,30H,14H2,1-2H3. The number of aromatic nitrogens is 3. The van der Waals surface area contributed by atoms with Crippen molar-refractivity contribution in [1.29, 1.82) is 0 Å². The fourth-order valence-electron chi connectivity index (χ4n) is 4.08. The van der Waals surface area contributed by atoms with E-state index in [0.717, 1.165) is 34.2 Å². The number of rotatable bonds is 4. The molecule has 5 rings (SSSR count). The van der Waals surface area contributed by atoms with Crippen molar-refractivity contribution in [3.05, 3.63) is 99.3 Å². The van der Waals surface area contributed by atoms with Gasteiger partial charge in [-0.05, 0) is 60.9 Å². The third-order valence-electron chi connectivity index (χ3n) is 5.61. The van der Waals surface area contributed by atoms with Gasteiger partial charge in [-0.1, -0.05) is 48.2 Å². The summed E-state index contributed by atoms with van der Waals surface area (Å²) in [6, 6.07) is 18.5. The summed E-state index contributed by atoms with van der Waals surface area (Å²) in [6.45, 7) is 3.93. The van der Waals surface area contributed by atoms with Crippen LogP contribution in [0.3, 0.4) is 0 Å².